The van der Waals surface area contributed by atoms with E-state index in [1.165, 1.54) is 24.8 Å². The Bertz CT molecular complexity index is 943. The average molecular weight is 364 g/mol. The van der Waals surface area contributed by atoms with Crippen LogP contribution >= 0.6 is 0 Å². The minimum atomic E-state index is -0.322. The van der Waals surface area contributed by atoms with Crippen molar-refractivity contribution in [1.82, 2.24) is 10.3 Å². The number of carbonyl (C=O) groups excluding carboxylic acids is 2. The maximum absolute atomic E-state index is 13.1. The number of nitrogens with one attached hydrogen (secondary N) is 2. The molecule has 0 saturated heterocycles. The summed E-state index contributed by atoms with van der Waals surface area (Å²) in [7, 11) is 0. The van der Waals surface area contributed by atoms with Gasteiger partial charge in [-0.15, -0.1) is 0 Å². The first-order valence-corrected chi connectivity index (χ1v) is 10.4. The minimum absolute atomic E-state index is 0.0175. The van der Waals surface area contributed by atoms with Gasteiger partial charge in [0.25, 0.3) is 5.91 Å². The molecule has 4 heteroatoms. The lowest BCUT2D eigenvalue weighted by Gasteiger charge is -2.50. The second-order valence-corrected chi connectivity index (χ2v) is 9.61. The lowest BCUT2D eigenvalue weighted by Crippen LogP contribution is -2.46. The molecule has 2 fully saturated rings. The van der Waals surface area contributed by atoms with Gasteiger partial charge in [0.2, 0.25) is 0 Å². The van der Waals surface area contributed by atoms with E-state index >= 15 is 0 Å². The third-order valence-electron chi connectivity index (χ3n) is 7.21. The predicted octanol–water partition coefficient (Wildman–Crippen LogP) is 4.87. The van der Waals surface area contributed by atoms with Crippen LogP contribution in [0.25, 0.3) is 10.9 Å². The fourth-order valence-corrected chi connectivity index (χ4v) is 5.78. The highest BCUT2D eigenvalue weighted by Crippen LogP contribution is 2.57. The van der Waals surface area contributed by atoms with Gasteiger partial charge in [-0.25, -0.2) is 0 Å². The number of hydrogen-bond donors (Lipinski definition) is 2. The highest BCUT2D eigenvalue weighted by molar-refractivity contribution is 6.08. The molecule has 0 atom stereocenters. The molecule has 2 saturated carbocycles. The molecule has 1 spiro atoms. The van der Waals surface area contributed by atoms with Crippen molar-refractivity contribution >= 4 is 22.6 Å². The normalized spacial score (nSPS) is 23.4. The molecule has 0 bridgehead atoms. The van der Waals surface area contributed by atoms with Crippen LogP contribution < -0.4 is 5.32 Å². The molecule has 1 heterocycles. The highest BCUT2D eigenvalue weighted by atomic mass is 16.1. The zero-order valence-electron chi connectivity index (χ0n) is 16.3. The van der Waals surface area contributed by atoms with Crippen LogP contribution in [0.5, 0.6) is 0 Å². The summed E-state index contributed by atoms with van der Waals surface area (Å²) < 4.78 is 0. The highest BCUT2D eigenvalue weighted by Gasteiger charge is 2.52. The number of aromatic amines is 1. The number of fused-ring (bicyclic) bond motifs is 4. The van der Waals surface area contributed by atoms with E-state index < -0.39 is 0 Å². The first kappa shape index (κ1) is 17.0. The topological polar surface area (TPSA) is 62.0 Å². The van der Waals surface area contributed by atoms with E-state index in [0.29, 0.717) is 11.6 Å². The van der Waals surface area contributed by atoms with E-state index in [-0.39, 0.29) is 22.5 Å². The van der Waals surface area contributed by atoms with Gasteiger partial charge in [0.15, 0.2) is 5.78 Å². The van der Waals surface area contributed by atoms with Crippen LogP contribution in [0.15, 0.2) is 18.2 Å². The summed E-state index contributed by atoms with van der Waals surface area (Å²) in [6, 6.07) is 6.19. The van der Waals surface area contributed by atoms with Crippen molar-refractivity contribution in [1.29, 1.82) is 0 Å². The van der Waals surface area contributed by atoms with E-state index in [0.717, 1.165) is 48.7 Å². The molecule has 5 rings (SSSR count). The fraction of sp³-hybridized carbons (Fsp3) is 0.565. The maximum Gasteiger partial charge on any atom is 0.251 e. The molecule has 142 valence electrons. The molecule has 0 radical (unpaired) electrons. The Balaban J connectivity index is 1.59. The van der Waals surface area contributed by atoms with Crippen LogP contribution in [0.1, 0.15) is 91.6 Å². The molecule has 0 aliphatic heterocycles. The number of benzene rings is 1. The molecule has 3 aliphatic carbocycles. The molecule has 3 aliphatic rings. The average Bonchev–Trinajstić information content (AvgIpc) is 3.23. The summed E-state index contributed by atoms with van der Waals surface area (Å²) >= 11 is 0. The van der Waals surface area contributed by atoms with Crippen LogP contribution in [-0.4, -0.2) is 22.7 Å². The summed E-state index contributed by atoms with van der Waals surface area (Å²) in [4.78, 5) is 29.2. The number of amides is 1. The van der Waals surface area contributed by atoms with Crippen molar-refractivity contribution in [3.05, 3.63) is 35.0 Å². The van der Waals surface area contributed by atoms with Crippen LogP contribution in [0.3, 0.4) is 0 Å². The number of hydrogen-bond acceptors (Lipinski definition) is 2. The Morgan fingerprint density at radius 3 is 2.56 bits per heavy atom. The van der Waals surface area contributed by atoms with Crippen molar-refractivity contribution in [2.45, 2.75) is 76.7 Å². The molecule has 1 amide bonds. The number of rotatable bonds is 2. The molecule has 2 N–H and O–H groups in total. The summed E-state index contributed by atoms with van der Waals surface area (Å²) in [5.41, 5.74) is 3.44. The van der Waals surface area contributed by atoms with Gasteiger partial charge in [-0.2, -0.15) is 0 Å². The smallest absolute Gasteiger partial charge is 0.251 e. The second-order valence-electron chi connectivity index (χ2n) is 9.61. The molecule has 0 unspecified atom stereocenters. The Labute approximate surface area is 160 Å². The Morgan fingerprint density at radius 1 is 1.15 bits per heavy atom. The lowest BCUT2D eigenvalue weighted by molar-refractivity contribution is 0.0659. The van der Waals surface area contributed by atoms with E-state index in [4.69, 9.17) is 0 Å². The van der Waals surface area contributed by atoms with Gasteiger partial charge in [0.05, 0.1) is 5.69 Å². The van der Waals surface area contributed by atoms with Crippen LogP contribution in [-0.2, 0) is 5.41 Å². The van der Waals surface area contributed by atoms with Gasteiger partial charge >= 0.3 is 0 Å². The fourth-order valence-electron chi connectivity index (χ4n) is 5.78. The van der Waals surface area contributed by atoms with E-state index in [9.17, 15) is 9.59 Å². The summed E-state index contributed by atoms with van der Waals surface area (Å²) in [6.45, 7) is 4.15. The van der Waals surface area contributed by atoms with Crippen molar-refractivity contribution < 1.29 is 9.59 Å². The zero-order chi connectivity index (χ0) is 18.8. The Kier molecular flexibility index (Phi) is 3.59. The summed E-state index contributed by atoms with van der Waals surface area (Å²) in [6.07, 6.45) is 8.99. The van der Waals surface area contributed by atoms with Crippen LogP contribution in [0, 0.1) is 5.41 Å². The van der Waals surface area contributed by atoms with E-state index in [1.54, 1.807) is 0 Å². The van der Waals surface area contributed by atoms with Gasteiger partial charge in [0.1, 0.15) is 0 Å². The van der Waals surface area contributed by atoms with Gasteiger partial charge in [-0.1, -0.05) is 33.1 Å². The Hall–Kier alpha value is -2.10. The van der Waals surface area contributed by atoms with E-state index in [1.807, 2.05) is 18.2 Å². The van der Waals surface area contributed by atoms with E-state index in [2.05, 4.69) is 24.1 Å². The minimum Gasteiger partial charge on any atom is -0.352 e. The van der Waals surface area contributed by atoms with Crippen LogP contribution in [0.2, 0.25) is 0 Å². The number of carbonyl (C=O) groups is 2. The van der Waals surface area contributed by atoms with Gasteiger partial charge in [0, 0.05) is 27.9 Å². The molecule has 1 aromatic carbocycles. The number of Topliss-reactive ketones (excluding diaryl/α,β-unsaturated/α-hetero) is 1. The maximum atomic E-state index is 13.1. The van der Waals surface area contributed by atoms with Crippen molar-refractivity contribution in [3.63, 3.8) is 0 Å². The number of aromatic nitrogens is 1. The molecular weight excluding hydrogens is 336 g/mol. The largest absolute Gasteiger partial charge is 0.352 e. The predicted molar refractivity (Wildman–Crippen MR) is 106 cm³/mol. The van der Waals surface area contributed by atoms with Gasteiger partial charge < -0.3 is 10.3 Å². The first-order chi connectivity index (χ1) is 12.9. The van der Waals surface area contributed by atoms with Crippen molar-refractivity contribution in [2.24, 2.45) is 5.41 Å². The Morgan fingerprint density at radius 2 is 1.89 bits per heavy atom. The molecular formula is C23H28N2O2. The summed E-state index contributed by atoms with van der Waals surface area (Å²) in [5.74, 6) is 0.229. The van der Waals surface area contributed by atoms with Gasteiger partial charge in [-0.3, -0.25) is 9.59 Å². The van der Waals surface area contributed by atoms with Crippen molar-refractivity contribution in [2.75, 3.05) is 0 Å². The SMILES string of the molecule is CC1(C)CC2(CCC2)c2c([nH]c3ccc(C(=O)NC4CCCC4)cc23)C1=O. The van der Waals surface area contributed by atoms with Crippen molar-refractivity contribution in [3.8, 4) is 0 Å². The van der Waals surface area contributed by atoms with Gasteiger partial charge in [-0.05, 0) is 61.3 Å². The lowest BCUT2D eigenvalue weighted by atomic mass is 9.53. The molecule has 27 heavy (non-hydrogen) atoms. The third-order valence-corrected chi connectivity index (χ3v) is 7.21. The third kappa shape index (κ3) is 2.49. The number of H-pyrrole nitrogens is 1. The summed E-state index contributed by atoms with van der Waals surface area (Å²) in [5, 5.41) is 4.26. The number of ketones is 1. The molecule has 2 aromatic rings. The monoisotopic (exact) mass is 364 g/mol. The standard InChI is InChI=1S/C23H28N2O2/c1-22(2)13-23(10-5-11-23)18-16-12-14(21(27)24-15-6-3-4-7-15)8-9-17(16)25-19(18)20(22)26/h8-9,12,15,25H,3-7,10-11,13H2,1-2H3,(H,24,27). The van der Waals surface area contributed by atoms with Crippen LogP contribution in [0.4, 0.5) is 0 Å². The zero-order valence-corrected chi connectivity index (χ0v) is 16.3. The quantitative estimate of drug-likeness (QED) is 0.798. The first-order valence-electron chi connectivity index (χ1n) is 10.4. The molecule has 4 nitrogen and oxygen atoms in total. The molecule has 1 aromatic heterocycles. The second kappa shape index (κ2) is 5.70.